The molecule has 2 rings (SSSR count). The van der Waals surface area contributed by atoms with Crippen LogP contribution in [-0.2, 0) is 20.3 Å². The summed E-state index contributed by atoms with van der Waals surface area (Å²) in [6, 6.07) is 9.91. The van der Waals surface area contributed by atoms with Gasteiger partial charge in [-0.2, -0.15) is 0 Å². The molecule has 1 atom stereocenters. The first-order chi connectivity index (χ1) is 11.4. The van der Waals surface area contributed by atoms with Crippen LogP contribution in [0.15, 0.2) is 36.4 Å². The summed E-state index contributed by atoms with van der Waals surface area (Å²) in [6.07, 6.45) is -0.0482. The number of hydrogen-bond donors (Lipinski definition) is 1. The zero-order valence-electron chi connectivity index (χ0n) is 13.6. The summed E-state index contributed by atoms with van der Waals surface area (Å²) in [7, 11) is -3.82. The lowest BCUT2D eigenvalue weighted by atomic mass is 10.00. The van der Waals surface area contributed by atoms with Gasteiger partial charge < -0.3 is 15.1 Å². The van der Waals surface area contributed by atoms with Gasteiger partial charge in [-0.05, 0) is 30.2 Å². The minimum absolute atomic E-state index is 0.0482. The van der Waals surface area contributed by atoms with E-state index in [2.05, 4.69) is 0 Å². The van der Waals surface area contributed by atoms with E-state index >= 15 is 0 Å². The molecule has 0 amide bonds. The second-order valence-electron chi connectivity index (χ2n) is 5.20. The predicted octanol–water partition coefficient (Wildman–Crippen LogP) is 2.10. The molecule has 0 spiro atoms. The van der Waals surface area contributed by atoms with Gasteiger partial charge in [0.1, 0.15) is 0 Å². The van der Waals surface area contributed by atoms with Gasteiger partial charge in [-0.1, -0.05) is 36.4 Å². The second-order valence-corrected chi connectivity index (χ2v) is 7.42. The highest BCUT2D eigenvalue weighted by atomic mass is 31.2. The molecular weight excluding hydrogens is 331 g/mol. The lowest BCUT2D eigenvalue weighted by Crippen LogP contribution is -2.35. The molecule has 0 radical (unpaired) electrons. The highest BCUT2D eigenvalue weighted by molar-refractivity contribution is 7.61. The molecule has 0 saturated carbocycles. The van der Waals surface area contributed by atoms with Crippen LogP contribution in [0.25, 0.3) is 10.8 Å². The maximum Gasteiger partial charge on any atom is 0.350 e. The van der Waals surface area contributed by atoms with Gasteiger partial charge in [0.25, 0.3) is 7.94 Å². The van der Waals surface area contributed by atoms with Crippen molar-refractivity contribution in [1.29, 1.82) is 0 Å². The molecule has 6 nitrogen and oxygen atoms in total. The van der Waals surface area contributed by atoms with Crippen molar-refractivity contribution >= 4 is 24.7 Å². The van der Waals surface area contributed by atoms with E-state index in [1.54, 1.807) is 44.2 Å². The number of fused-ring (bicyclic) bond motifs is 1. The molecule has 0 aliphatic carbocycles. The average molecular weight is 351 g/mol. The van der Waals surface area contributed by atoms with E-state index in [4.69, 9.17) is 9.05 Å². The summed E-state index contributed by atoms with van der Waals surface area (Å²) in [6.45, 7) is 3.43. The maximum atomic E-state index is 12.9. The molecule has 0 saturated heterocycles. The van der Waals surface area contributed by atoms with E-state index in [0.29, 0.717) is 16.3 Å². The zero-order valence-corrected chi connectivity index (χ0v) is 14.5. The van der Waals surface area contributed by atoms with Crippen molar-refractivity contribution in [1.82, 2.24) is 0 Å². The first-order valence-electron chi connectivity index (χ1n) is 7.72. The SMILES string of the molecule is CCO[P+]([O-])(OCC)C(Cc1ccc([O-])c2ccccc12)C(=O)O. The van der Waals surface area contributed by atoms with Crippen LogP contribution in [0.3, 0.4) is 0 Å². The fourth-order valence-corrected chi connectivity index (χ4v) is 4.48. The molecule has 1 N–H and O–H groups in total. The van der Waals surface area contributed by atoms with Gasteiger partial charge in [0, 0.05) is 6.42 Å². The molecule has 0 aliphatic rings. The molecule has 1 unspecified atom stereocenters. The van der Waals surface area contributed by atoms with Crippen molar-refractivity contribution in [2.45, 2.75) is 25.9 Å². The molecule has 2 aromatic carbocycles. The lowest BCUT2D eigenvalue weighted by Gasteiger charge is -2.31. The molecule has 0 heterocycles. The highest BCUT2D eigenvalue weighted by Gasteiger charge is 2.46. The quantitative estimate of drug-likeness (QED) is 0.731. The third-order valence-corrected chi connectivity index (χ3v) is 6.08. The highest BCUT2D eigenvalue weighted by Crippen LogP contribution is 2.58. The van der Waals surface area contributed by atoms with Crippen LogP contribution in [0, 0.1) is 0 Å². The molecule has 130 valence electrons. The molecule has 0 aliphatic heterocycles. The molecule has 0 fully saturated rings. The molecular formula is C17H20O6P-. The van der Waals surface area contributed by atoms with Gasteiger partial charge in [-0.15, -0.1) is 5.75 Å². The Kier molecular flexibility index (Phi) is 6.13. The van der Waals surface area contributed by atoms with E-state index in [0.717, 1.165) is 0 Å². The van der Waals surface area contributed by atoms with Gasteiger partial charge in [0.2, 0.25) is 5.66 Å². The average Bonchev–Trinajstić information content (AvgIpc) is 2.54. The Labute approximate surface area is 141 Å². The number of rotatable bonds is 8. The Morgan fingerprint density at radius 3 is 2.25 bits per heavy atom. The third-order valence-electron chi connectivity index (χ3n) is 3.67. The summed E-state index contributed by atoms with van der Waals surface area (Å²) in [5, 5.41) is 22.6. The Bertz CT molecular complexity index is 711. The fraction of sp³-hybridized carbons (Fsp3) is 0.353. The van der Waals surface area contributed by atoms with Crippen LogP contribution in [0.2, 0.25) is 0 Å². The second kappa shape index (κ2) is 7.90. The molecule has 0 bridgehead atoms. The van der Waals surface area contributed by atoms with Gasteiger partial charge in [-0.3, -0.25) is 0 Å². The normalized spacial score (nSPS) is 13.1. The van der Waals surface area contributed by atoms with E-state index in [-0.39, 0.29) is 25.4 Å². The summed E-state index contributed by atoms with van der Waals surface area (Å²) >= 11 is 0. The number of carboxylic acid groups (broad SMARTS) is 1. The van der Waals surface area contributed by atoms with Crippen LogP contribution >= 0.6 is 7.94 Å². The standard InChI is InChI=1S/C17H21O6P/c1-3-22-24(21,23-4-2)16(17(19)20)11-12-9-10-15(18)14-8-6-5-7-13(12)14/h5-10,16,18H,3-4,11H2,1-2H3,(H,19,20)/p-1. The Morgan fingerprint density at radius 2 is 1.71 bits per heavy atom. The van der Waals surface area contributed by atoms with Crippen LogP contribution in [0.1, 0.15) is 19.4 Å². The molecule has 24 heavy (non-hydrogen) atoms. The molecule has 2 aromatic rings. The minimum Gasteiger partial charge on any atom is -0.872 e. The first kappa shape index (κ1) is 18.6. The van der Waals surface area contributed by atoms with Crippen LogP contribution in [0.5, 0.6) is 5.75 Å². The van der Waals surface area contributed by atoms with Crippen molar-refractivity contribution in [3.63, 3.8) is 0 Å². The number of aliphatic carboxylic acids is 1. The third kappa shape index (κ3) is 3.84. The van der Waals surface area contributed by atoms with Crippen molar-refractivity contribution in [3.8, 4) is 5.75 Å². The molecule has 7 heteroatoms. The minimum atomic E-state index is -3.82. The van der Waals surface area contributed by atoms with E-state index in [1.807, 2.05) is 0 Å². The van der Waals surface area contributed by atoms with Gasteiger partial charge >= 0.3 is 5.97 Å². The number of hydrogen-bond acceptors (Lipinski definition) is 5. The smallest absolute Gasteiger partial charge is 0.350 e. The summed E-state index contributed by atoms with van der Waals surface area (Å²) in [5.74, 6) is -1.39. The Hall–Kier alpha value is -1.72. The van der Waals surface area contributed by atoms with E-state index < -0.39 is 19.6 Å². The number of carboxylic acids is 1. The summed E-state index contributed by atoms with van der Waals surface area (Å²) in [5.41, 5.74) is -0.712. The van der Waals surface area contributed by atoms with Crippen LogP contribution in [-0.4, -0.2) is 29.9 Å². The fourth-order valence-electron chi connectivity index (χ4n) is 2.63. The Balaban J connectivity index is 2.45. The van der Waals surface area contributed by atoms with Crippen LogP contribution < -0.4 is 10.00 Å². The largest absolute Gasteiger partial charge is 0.872 e. The topological polar surface area (TPSA) is 102 Å². The zero-order chi connectivity index (χ0) is 17.7. The predicted molar refractivity (Wildman–Crippen MR) is 88.7 cm³/mol. The molecule has 0 aromatic heterocycles. The van der Waals surface area contributed by atoms with Crippen molar-refractivity contribution < 1.29 is 28.9 Å². The monoisotopic (exact) mass is 351 g/mol. The van der Waals surface area contributed by atoms with Gasteiger partial charge in [0.15, 0.2) is 0 Å². The van der Waals surface area contributed by atoms with Crippen molar-refractivity contribution in [2.24, 2.45) is 0 Å². The van der Waals surface area contributed by atoms with E-state index in [1.165, 1.54) is 6.07 Å². The summed E-state index contributed by atoms with van der Waals surface area (Å²) in [4.78, 5) is 24.6. The number of benzene rings is 2. The van der Waals surface area contributed by atoms with E-state index in [9.17, 15) is 19.9 Å². The van der Waals surface area contributed by atoms with Gasteiger partial charge in [-0.25, -0.2) is 13.8 Å². The first-order valence-corrected chi connectivity index (χ1v) is 9.33. The Morgan fingerprint density at radius 1 is 1.12 bits per heavy atom. The number of carbonyl (C=O) groups is 1. The summed E-state index contributed by atoms with van der Waals surface area (Å²) < 4.78 is 10.4. The van der Waals surface area contributed by atoms with Crippen molar-refractivity contribution in [3.05, 3.63) is 42.0 Å². The van der Waals surface area contributed by atoms with Crippen molar-refractivity contribution in [2.75, 3.05) is 13.2 Å². The maximum absolute atomic E-state index is 12.9. The van der Waals surface area contributed by atoms with Crippen LogP contribution in [0.4, 0.5) is 0 Å². The lowest BCUT2D eigenvalue weighted by molar-refractivity contribution is -0.265. The van der Waals surface area contributed by atoms with Gasteiger partial charge in [0.05, 0.1) is 13.2 Å².